The van der Waals surface area contributed by atoms with Crippen LogP contribution in [-0.2, 0) is 6.42 Å². The monoisotopic (exact) mass is 449 g/mol. The fourth-order valence-electron chi connectivity index (χ4n) is 4.24. The Morgan fingerprint density at radius 1 is 0.941 bits per heavy atom. The number of amides is 1. The first-order chi connectivity index (χ1) is 16.5. The Bertz CT molecular complexity index is 1470. The van der Waals surface area contributed by atoms with Crippen LogP contribution in [0.4, 0.5) is 5.82 Å². The predicted molar refractivity (Wildman–Crippen MR) is 137 cm³/mol. The highest BCUT2D eigenvalue weighted by molar-refractivity contribution is 6.11. The highest BCUT2D eigenvalue weighted by Crippen LogP contribution is 2.31. The Labute approximate surface area is 198 Å². The maximum absolute atomic E-state index is 13.5. The van der Waals surface area contributed by atoms with Crippen molar-refractivity contribution in [1.82, 2.24) is 19.9 Å². The van der Waals surface area contributed by atoms with Gasteiger partial charge < -0.3 is 11.1 Å². The Morgan fingerprint density at radius 2 is 1.59 bits per heavy atom. The Balaban J connectivity index is 1.54. The second kappa shape index (κ2) is 8.98. The molecule has 2 aromatic heterocycles. The van der Waals surface area contributed by atoms with E-state index in [0.717, 1.165) is 35.1 Å². The Kier molecular flexibility index (Phi) is 5.72. The van der Waals surface area contributed by atoms with E-state index in [4.69, 9.17) is 15.7 Å². The number of nitrogens with two attached hydrogens (primary N) is 1. The van der Waals surface area contributed by atoms with Crippen molar-refractivity contribution in [3.05, 3.63) is 95.6 Å². The summed E-state index contributed by atoms with van der Waals surface area (Å²) in [5, 5.41) is 3.12. The summed E-state index contributed by atoms with van der Waals surface area (Å²) >= 11 is 0. The number of hydrogen-bond donors (Lipinski definition) is 2. The molecular weight excluding hydrogens is 422 g/mol. The van der Waals surface area contributed by atoms with Crippen molar-refractivity contribution in [2.24, 2.45) is 0 Å². The molecule has 5 aromatic rings. The molecular formula is C28H27N5O. The number of benzene rings is 3. The van der Waals surface area contributed by atoms with E-state index < -0.39 is 0 Å². The van der Waals surface area contributed by atoms with Crippen LogP contribution in [0.5, 0.6) is 0 Å². The first-order valence-electron chi connectivity index (χ1n) is 11.5. The van der Waals surface area contributed by atoms with Crippen LogP contribution in [0.25, 0.3) is 27.9 Å². The summed E-state index contributed by atoms with van der Waals surface area (Å²) < 4.78 is 1.82. The highest BCUT2D eigenvalue weighted by Gasteiger charge is 2.25. The normalized spacial score (nSPS) is 12.2. The van der Waals surface area contributed by atoms with Crippen molar-refractivity contribution in [2.45, 2.75) is 32.7 Å². The van der Waals surface area contributed by atoms with E-state index in [1.807, 2.05) is 85.1 Å². The lowest BCUT2D eigenvalue weighted by atomic mass is 10.1. The van der Waals surface area contributed by atoms with Gasteiger partial charge in [-0.1, -0.05) is 60.2 Å². The van der Waals surface area contributed by atoms with Gasteiger partial charge in [0.15, 0.2) is 5.65 Å². The van der Waals surface area contributed by atoms with E-state index in [1.54, 1.807) is 0 Å². The molecule has 3 aromatic carbocycles. The van der Waals surface area contributed by atoms with Gasteiger partial charge >= 0.3 is 0 Å². The molecule has 0 radical (unpaired) electrons. The van der Waals surface area contributed by atoms with Crippen LogP contribution in [-0.4, -0.2) is 26.5 Å². The van der Waals surface area contributed by atoms with Gasteiger partial charge in [0.25, 0.3) is 5.91 Å². The van der Waals surface area contributed by atoms with Gasteiger partial charge in [-0.2, -0.15) is 0 Å². The first-order valence-corrected chi connectivity index (χ1v) is 11.5. The van der Waals surface area contributed by atoms with E-state index in [2.05, 4.69) is 17.4 Å². The summed E-state index contributed by atoms with van der Waals surface area (Å²) in [4.78, 5) is 23.1. The summed E-state index contributed by atoms with van der Waals surface area (Å²) in [5.74, 6) is 0.0976. The largest absolute Gasteiger partial charge is 0.384 e. The number of nitrogen functional groups attached to an aromatic ring is 1. The summed E-state index contributed by atoms with van der Waals surface area (Å²) in [5.41, 5.74) is 12.8. The van der Waals surface area contributed by atoms with Gasteiger partial charge in [-0.25, -0.2) is 9.97 Å². The van der Waals surface area contributed by atoms with Crippen molar-refractivity contribution < 1.29 is 4.79 Å². The number of carbonyl (C=O) groups excluding carboxylic acids is 1. The van der Waals surface area contributed by atoms with Gasteiger partial charge in [0.2, 0.25) is 0 Å². The summed E-state index contributed by atoms with van der Waals surface area (Å²) in [6.07, 6.45) is 1.70. The average molecular weight is 450 g/mol. The number of fused-ring (bicyclic) bond motifs is 2. The Hall–Kier alpha value is -4.19. The quantitative estimate of drug-likeness (QED) is 0.372. The van der Waals surface area contributed by atoms with Gasteiger partial charge in [0.1, 0.15) is 16.9 Å². The molecule has 34 heavy (non-hydrogen) atoms. The van der Waals surface area contributed by atoms with Crippen LogP contribution < -0.4 is 11.1 Å². The van der Waals surface area contributed by atoms with Crippen molar-refractivity contribution in [2.75, 3.05) is 5.73 Å². The lowest BCUT2D eigenvalue weighted by molar-refractivity contribution is 0.0941. The van der Waals surface area contributed by atoms with Crippen molar-refractivity contribution in [3.8, 4) is 5.69 Å². The van der Waals surface area contributed by atoms with Gasteiger partial charge in [-0.05, 0) is 56.5 Å². The summed E-state index contributed by atoms with van der Waals surface area (Å²) in [7, 11) is 0. The zero-order valence-electron chi connectivity index (χ0n) is 19.3. The molecule has 1 atom stereocenters. The van der Waals surface area contributed by atoms with E-state index in [0.29, 0.717) is 22.5 Å². The van der Waals surface area contributed by atoms with E-state index >= 15 is 0 Å². The second-order valence-corrected chi connectivity index (χ2v) is 8.71. The molecule has 0 fully saturated rings. The number of aromatic nitrogens is 3. The van der Waals surface area contributed by atoms with Crippen LogP contribution in [0, 0.1) is 6.92 Å². The molecule has 0 bridgehead atoms. The molecule has 1 amide bonds. The molecule has 1 unspecified atom stereocenters. The Morgan fingerprint density at radius 3 is 2.29 bits per heavy atom. The minimum atomic E-state index is -0.237. The fourth-order valence-corrected chi connectivity index (χ4v) is 4.24. The smallest absolute Gasteiger partial charge is 0.257 e. The molecule has 3 N–H and O–H groups in total. The van der Waals surface area contributed by atoms with Gasteiger partial charge in [-0.15, -0.1) is 0 Å². The third-order valence-corrected chi connectivity index (χ3v) is 6.10. The number of nitrogens with one attached hydrogen (secondary N) is 1. The number of rotatable bonds is 6. The number of anilines is 1. The number of carbonyl (C=O) groups is 1. The molecule has 170 valence electrons. The van der Waals surface area contributed by atoms with E-state index in [-0.39, 0.29) is 11.9 Å². The van der Waals surface area contributed by atoms with Crippen LogP contribution in [0.1, 0.15) is 34.8 Å². The van der Waals surface area contributed by atoms with Crippen LogP contribution in [0.15, 0.2) is 78.9 Å². The zero-order chi connectivity index (χ0) is 23.7. The third kappa shape index (κ3) is 4.10. The van der Waals surface area contributed by atoms with Gasteiger partial charge in [0.05, 0.1) is 11.0 Å². The lowest BCUT2D eigenvalue weighted by Gasteiger charge is -2.14. The summed E-state index contributed by atoms with van der Waals surface area (Å²) in [6, 6.07) is 25.9. The summed E-state index contributed by atoms with van der Waals surface area (Å²) in [6.45, 7) is 4.04. The number of para-hydroxylation sites is 2. The number of nitrogens with zero attached hydrogens (tertiary/aromatic N) is 3. The van der Waals surface area contributed by atoms with E-state index in [1.165, 1.54) is 5.56 Å². The molecule has 0 spiro atoms. The molecule has 2 heterocycles. The van der Waals surface area contributed by atoms with Crippen molar-refractivity contribution >= 4 is 33.9 Å². The molecule has 0 aliphatic heterocycles. The lowest BCUT2D eigenvalue weighted by Crippen LogP contribution is -2.33. The first kappa shape index (κ1) is 21.6. The standard InChI is InChI=1S/C28H27N5O/c1-18-12-16-21(17-13-18)33-26(29)24(25-27(33)32-23-11-7-6-10-22(23)31-25)28(34)30-19(2)14-15-20-8-4-3-5-9-20/h3-13,16-17,19H,14-15,29H2,1-2H3,(H,30,34). The van der Waals surface area contributed by atoms with Gasteiger partial charge in [-0.3, -0.25) is 9.36 Å². The van der Waals surface area contributed by atoms with Crippen LogP contribution in [0.3, 0.4) is 0 Å². The van der Waals surface area contributed by atoms with Crippen LogP contribution in [0.2, 0.25) is 0 Å². The molecule has 0 saturated heterocycles. The fraction of sp³-hybridized carbons (Fsp3) is 0.179. The maximum atomic E-state index is 13.5. The number of aryl methyl sites for hydroxylation is 2. The van der Waals surface area contributed by atoms with E-state index in [9.17, 15) is 4.79 Å². The molecule has 5 rings (SSSR count). The zero-order valence-corrected chi connectivity index (χ0v) is 19.3. The van der Waals surface area contributed by atoms with Gasteiger partial charge in [0, 0.05) is 11.7 Å². The molecule has 6 heteroatoms. The predicted octanol–water partition coefficient (Wildman–Crippen LogP) is 5.22. The molecule has 0 aliphatic carbocycles. The SMILES string of the molecule is Cc1ccc(-n2c(N)c(C(=O)NC(C)CCc3ccccc3)c3nc4ccccc4nc32)cc1. The van der Waals surface area contributed by atoms with Crippen molar-refractivity contribution in [3.63, 3.8) is 0 Å². The molecule has 0 saturated carbocycles. The third-order valence-electron chi connectivity index (χ3n) is 6.10. The van der Waals surface area contributed by atoms with Crippen molar-refractivity contribution in [1.29, 1.82) is 0 Å². The molecule has 6 nitrogen and oxygen atoms in total. The average Bonchev–Trinajstić information content (AvgIpc) is 3.13. The maximum Gasteiger partial charge on any atom is 0.257 e. The highest BCUT2D eigenvalue weighted by atomic mass is 16.1. The minimum absolute atomic E-state index is 0.0294. The second-order valence-electron chi connectivity index (χ2n) is 8.71. The topological polar surface area (TPSA) is 85.8 Å². The molecule has 0 aliphatic rings. The minimum Gasteiger partial charge on any atom is -0.384 e. The number of hydrogen-bond acceptors (Lipinski definition) is 4. The van der Waals surface area contributed by atoms with Crippen LogP contribution >= 0.6 is 0 Å².